The lowest BCUT2D eigenvalue weighted by molar-refractivity contribution is -0.0566. The number of halogens is 6. The standard InChI is InChI=1S/C8H15F2NOS.3C8H17NO2S.4C8H17NOS.C8H19NOS.C7H13F2NOS.C7H14FNO2S.C7H14FNOS.C6H15NOS/c1-7(2,3)11-13(12)5-4-8(9,10)6-13;1-8(2,3)9-12(4,10)7-5-11-6-7;1-8(2,3)9-12(11)5-7(4-10)6-12;1-8(2,3)9-12(10)6-4-11-5-7-12;3*1-8(2,3)9-11(4,10)7-5-6-7;1-8(2,3)9-11(10)6-4-5-7-11;1-6-11(10,7-2)9-8(3,4)5;1-6(2,3)10-12(11)4-7(8,9)5-12;1-6(2,3)9-12(11)4-7(8,10)5-12;1-7(2,3)9-11(10)4-6(8)5-11;1-6(2,3)7-9(4,5)8/h4-6H2,1-3H3;7H,5-6H2,1-4H3;7,10H,4-6H2,1-3H3;4-7H2,1-3H3;3*7H,5-6H2,1-4H3;4-7H2,1-3H3;6-7H2,1-5H3;4-5H2,1-3H3;10H,4-5H2,1-3H3;6H,4-5H2,1-3H3;1-5H3/t;;;;2*11-;;;;;;;/m....10......./s1. The van der Waals surface area contributed by atoms with Gasteiger partial charge in [-0.25, -0.2) is 134 Å². The van der Waals surface area contributed by atoms with E-state index < -0.39 is 184 Å². The lowest BCUT2D eigenvalue weighted by Crippen LogP contribution is -2.51. The van der Waals surface area contributed by atoms with Gasteiger partial charge in [-0.1, -0.05) is 13.8 Å². The number of aliphatic hydroxyl groups excluding tert-OH is 1. The Hall–Kier alpha value is -1.23. The van der Waals surface area contributed by atoms with E-state index in [1.165, 1.54) is 0 Å². The lowest BCUT2D eigenvalue weighted by Gasteiger charge is -2.33. The van der Waals surface area contributed by atoms with Crippen molar-refractivity contribution in [1.29, 1.82) is 0 Å². The van der Waals surface area contributed by atoms with Crippen molar-refractivity contribution in [3.05, 3.63) is 0 Å². The maximum atomic E-state index is 12.8. The highest BCUT2D eigenvalue weighted by atomic mass is 32.2. The van der Waals surface area contributed by atoms with Gasteiger partial charge in [0.15, 0.2) is 0 Å². The fourth-order valence-corrected chi connectivity index (χ4v) is 43.6. The molecule has 892 valence electrons. The van der Waals surface area contributed by atoms with E-state index >= 15 is 0 Å². The summed E-state index contributed by atoms with van der Waals surface area (Å²) in [5.41, 5.74) is -3.17. The smallest absolute Gasteiger partial charge is 0.272 e. The summed E-state index contributed by atoms with van der Waals surface area (Å²) in [6.07, 6.45) is 18.1. The largest absolute Gasteiger partial charge is 0.396 e. The highest BCUT2D eigenvalue weighted by Gasteiger charge is 2.50. The predicted molar refractivity (Wildman–Crippen MR) is 629 cm³/mol. The molecule has 8 aliphatic heterocycles. The molecule has 5 atom stereocenters. The van der Waals surface area contributed by atoms with Crippen LogP contribution in [0.4, 0.5) is 26.3 Å². The molecule has 11 fully saturated rings. The molecule has 0 bridgehead atoms. The third kappa shape index (κ3) is 75.0. The Morgan fingerprint density at radius 3 is 0.743 bits per heavy atom. The monoisotopic (exact) mass is 2380 g/mol. The quantitative estimate of drug-likeness (QED) is 0.224. The predicted octanol–water partition coefficient (Wildman–Crippen LogP) is 22.1. The van der Waals surface area contributed by atoms with Gasteiger partial charge in [-0.15, -0.1) is 0 Å². The number of ether oxygens (including phenoxy) is 2. The minimum atomic E-state index is -2.77. The summed E-state index contributed by atoms with van der Waals surface area (Å²) >= 11 is 0. The van der Waals surface area contributed by atoms with Crippen LogP contribution < -0.4 is 0 Å². The molecular formula is C99H209F6N13O17S13. The molecule has 0 aromatic rings. The highest BCUT2D eigenvalue weighted by Crippen LogP contribution is 2.38. The number of nitrogens with zero attached hydrogens (tertiary/aromatic N) is 13. The minimum absolute atomic E-state index is 0.0390. The van der Waals surface area contributed by atoms with Crippen molar-refractivity contribution >= 4 is 126 Å². The zero-order valence-corrected chi connectivity index (χ0v) is 111. The molecule has 0 amide bonds. The molecular weight excluding hydrogens is 2170 g/mol. The van der Waals surface area contributed by atoms with E-state index in [-0.39, 0.29) is 108 Å². The summed E-state index contributed by atoms with van der Waals surface area (Å²) in [4.78, 5) is 0. The van der Waals surface area contributed by atoms with Crippen molar-refractivity contribution < 1.29 is 101 Å². The molecule has 148 heavy (non-hydrogen) atoms. The Bertz CT molecular complexity index is 5680. The summed E-state index contributed by atoms with van der Waals surface area (Å²) in [6.45, 7) is 81.6. The second-order valence-corrected chi connectivity index (χ2v) is 86.4. The first kappa shape index (κ1) is 149. The molecule has 49 heteroatoms. The second kappa shape index (κ2) is 55.0. The Balaban J connectivity index is 0. The SMILES string of the molecule is CC(C)(C)N=S(C)(=O)C1CC1.CC(C)(C)N=S(C)(=O)C1COC1.CC(C)(C)N=S(C)(C)=O.CC(C)(C)N=S1(=O)CC(CO)C1.CC(C)(C)N=S1(=O)CC(F)(F)C1.CC(C)(C)N=S1(=O)CC(F)C1.CC(C)(C)N=S1(=O)CC(O)(F)C1.CC(C)(C)N=S1(=O)CCC(F)(F)C1.CC(C)(C)N=S1(=O)CCCC1.CC(C)(C)N=S1(=O)CCOCC1.CC(C)(C)N=[S@@](C)(=O)C1CC1.CC(C)(C)N=[S@](C)(=O)C1CC1.CCS(=O)(CC)=NC(C)(C)C. The maximum absolute atomic E-state index is 12.8. The number of rotatable bonds is 7. The normalized spacial score (nSPS) is 27.0. The Kier molecular flexibility index (Phi) is 55.3. The van der Waals surface area contributed by atoms with Crippen molar-refractivity contribution in [3.8, 4) is 0 Å². The van der Waals surface area contributed by atoms with Gasteiger partial charge in [-0.05, 0) is 321 Å². The van der Waals surface area contributed by atoms with Crippen molar-refractivity contribution in [2.45, 2.75) is 459 Å². The number of aliphatic hydroxyl groups is 2. The van der Waals surface area contributed by atoms with Crippen LogP contribution in [0.3, 0.4) is 0 Å². The molecule has 0 radical (unpaired) electrons. The van der Waals surface area contributed by atoms with Crippen molar-refractivity contribution in [2.24, 2.45) is 62.6 Å². The van der Waals surface area contributed by atoms with Gasteiger partial charge in [-0.2, -0.15) is 0 Å². The van der Waals surface area contributed by atoms with Gasteiger partial charge in [0.1, 0.15) is 6.17 Å². The van der Waals surface area contributed by atoms with E-state index in [1.807, 2.05) is 222 Å². The van der Waals surface area contributed by atoms with Gasteiger partial charge >= 0.3 is 0 Å². The van der Waals surface area contributed by atoms with Crippen LogP contribution in [0.25, 0.3) is 0 Å². The van der Waals surface area contributed by atoms with Gasteiger partial charge in [0, 0.05) is 181 Å². The highest BCUT2D eigenvalue weighted by molar-refractivity contribution is 7.97. The molecule has 2 N–H and O–H groups in total. The van der Waals surface area contributed by atoms with Crippen LogP contribution >= 0.6 is 0 Å². The van der Waals surface area contributed by atoms with E-state index in [0.717, 1.165) is 62.9 Å². The first-order chi connectivity index (χ1) is 64.6. The minimum Gasteiger partial charge on any atom is -0.396 e. The average Bonchev–Trinajstić information content (AvgIpc) is 1.53. The van der Waals surface area contributed by atoms with E-state index in [2.05, 4.69) is 56.7 Å². The van der Waals surface area contributed by atoms with Gasteiger partial charge in [0.2, 0.25) is 5.85 Å². The zero-order chi connectivity index (χ0) is 118. The first-order valence-corrected chi connectivity index (χ1v) is 76.3. The van der Waals surface area contributed by atoms with Crippen LogP contribution in [-0.2, 0) is 136 Å². The van der Waals surface area contributed by atoms with Gasteiger partial charge in [0.05, 0.1) is 214 Å². The van der Waals surface area contributed by atoms with Crippen LogP contribution in [0.2, 0.25) is 0 Å². The van der Waals surface area contributed by atoms with E-state index in [9.17, 15) is 81.1 Å². The molecule has 8 heterocycles. The molecule has 3 unspecified atom stereocenters. The Labute approximate surface area is 903 Å². The average molecular weight is 2380 g/mol. The van der Waals surface area contributed by atoms with Gasteiger partial charge < -0.3 is 19.7 Å². The van der Waals surface area contributed by atoms with Crippen LogP contribution in [0, 0.1) is 5.92 Å². The summed E-state index contributed by atoms with van der Waals surface area (Å²) in [5, 5.41) is 18.8. The maximum Gasteiger partial charge on any atom is 0.272 e. The van der Waals surface area contributed by atoms with E-state index in [4.69, 9.17) is 19.7 Å². The van der Waals surface area contributed by atoms with Crippen molar-refractivity contribution in [1.82, 2.24) is 0 Å². The van der Waals surface area contributed by atoms with Gasteiger partial charge in [-0.3, -0.25) is 4.21 Å². The molecule has 0 aromatic heterocycles. The van der Waals surface area contributed by atoms with Gasteiger partial charge in [0.25, 0.3) is 11.8 Å². The molecule has 0 spiro atoms. The molecule has 0 aromatic carbocycles. The summed E-state index contributed by atoms with van der Waals surface area (Å²) in [5.74, 6) is -4.20. The van der Waals surface area contributed by atoms with Crippen LogP contribution in [0.5, 0.6) is 0 Å². The molecule has 11 aliphatic rings. The third-order valence-corrected chi connectivity index (χ3v) is 51.4. The van der Waals surface area contributed by atoms with Crippen molar-refractivity contribution in [3.63, 3.8) is 0 Å². The third-order valence-electron chi connectivity index (χ3n) is 18.8. The first-order valence-electron chi connectivity index (χ1n) is 51.2. The van der Waals surface area contributed by atoms with Crippen LogP contribution in [-0.4, -0.2) is 344 Å². The van der Waals surface area contributed by atoms with Crippen LogP contribution in [0.1, 0.15) is 342 Å². The van der Waals surface area contributed by atoms with E-state index in [1.54, 1.807) is 99.8 Å². The topological polar surface area (TPSA) is 442 Å². The zero-order valence-electron chi connectivity index (χ0n) is 100. The fourth-order valence-electron chi connectivity index (χ4n) is 14.7. The summed E-state index contributed by atoms with van der Waals surface area (Å²) in [7, 11) is -26.9. The second-order valence-electron chi connectivity index (χ2n) is 53.8. The molecule has 11 rings (SSSR count). The molecule has 3 saturated carbocycles. The number of alkyl halides is 6. The Morgan fingerprint density at radius 2 is 0.547 bits per heavy atom. The molecule has 8 saturated heterocycles. The van der Waals surface area contributed by atoms with Crippen LogP contribution in [0.15, 0.2) is 56.7 Å². The summed E-state index contributed by atoms with van der Waals surface area (Å²) < 4.78 is 292. The Morgan fingerprint density at radius 1 is 0.304 bits per heavy atom. The molecule has 30 nitrogen and oxygen atoms in total. The van der Waals surface area contributed by atoms with Crippen molar-refractivity contribution in [2.75, 3.05) is 163 Å². The summed E-state index contributed by atoms with van der Waals surface area (Å²) in [6, 6.07) is 0. The lowest BCUT2D eigenvalue weighted by atomic mass is 10.1. The number of hydrogen-bond acceptors (Lipinski definition) is 30. The fraction of sp³-hybridized carbons (Fsp3) is 1.00. The van der Waals surface area contributed by atoms with E-state index in [0.29, 0.717) is 76.7 Å². The number of hydrogen-bond donors (Lipinski definition) is 2. The molecule has 3 aliphatic carbocycles.